The fraction of sp³-hybridized carbons (Fsp3) is 0.261. The molecule has 0 bridgehead atoms. The average Bonchev–Trinajstić information content (AvgIpc) is 3.48. The standard InChI is InChI=1S/C23H20FN3O4S/c24-17-6-2-1-5-16(17)21(29)27-22-26-15(13-32-22)12-20(28)25-14-7-8-18-19(11-14)31-23(30-18)9-3-4-10-23/h1-2,5-8,11,13H,3-4,9-10,12H2,(H,25,28)(H,26,27,29). The number of anilines is 2. The number of fused-ring (bicyclic) bond motifs is 1. The van der Waals surface area contributed by atoms with Crippen LogP contribution in [0.5, 0.6) is 11.5 Å². The molecule has 2 N–H and O–H groups in total. The van der Waals surface area contributed by atoms with Crippen LogP contribution in [0, 0.1) is 5.82 Å². The third kappa shape index (κ3) is 4.16. The number of hydrogen-bond acceptors (Lipinski definition) is 6. The second kappa shape index (κ2) is 8.23. The fourth-order valence-electron chi connectivity index (χ4n) is 3.91. The Morgan fingerprint density at radius 2 is 1.84 bits per heavy atom. The molecule has 1 aliphatic heterocycles. The number of rotatable bonds is 5. The lowest BCUT2D eigenvalue weighted by Crippen LogP contribution is -2.34. The number of thiazole rings is 1. The van der Waals surface area contributed by atoms with Crippen molar-refractivity contribution >= 4 is 34.0 Å². The van der Waals surface area contributed by atoms with Crippen LogP contribution in [0.3, 0.4) is 0 Å². The summed E-state index contributed by atoms with van der Waals surface area (Å²) in [5.41, 5.74) is 1.04. The van der Waals surface area contributed by atoms with Gasteiger partial charge in [0.25, 0.3) is 11.7 Å². The maximum Gasteiger partial charge on any atom is 0.260 e. The molecule has 32 heavy (non-hydrogen) atoms. The summed E-state index contributed by atoms with van der Waals surface area (Å²) in [5, 5.41) is 7.37. The molecule has 0 radical (unpaired) electrons. The summed E-state index contributed by atoms with van der Waals surface area (Å²) in [5.74, 6) is -0.667. The van der Waals surface area contributed by atoms with Gasteiger partial charge >= 0.3 is 0 Å². The van der Waals surface area contributed by atoms with Crippen LogP contribution < -0.4 is 20.1 Å². The van der Waals surface area contributed by atoms with E-state index in [1.54, 1.807) is 29.6 Å². The number of hydrogen-bond donors (Lipinski definition) is 2. The molecule has 0 atom stereocenters. The number of ether oxygens (including phenoxy) is 2. The Bertz CT molecular complexity index is 1190. The topological polar surface area (TPSA) is 89.6 Å². The van der Waals surface area contributed by atoms with E-state index in [9.17, 15) is 14.0 Å². The molecule has 0 saturated heterocycles. The Hall–Kier alpha value is -3.46. The Kier molecular flexibility index (Phi) is 5.26. The molecular formula is C23H20FN3O4S. The Morgan fingerprint density at radius 3 is 2.66 bits per heavy atom. The van der Waals surface area contributed by atoms with E-state index in [1.807, 2.05) is 0 Å². The molecule has 0 unspecified atom stereocenters. The molecular weight excluding hydrogens is 433 g/mol. The second-order valence-electron chi connectivity index (χ2n) is 7.79. The zero-order chi connectivity index (χ0) is 22.1. The zero-order valence-corrected chi connectivity index (χ0v) is 17.8. The van der Waals surface area contributed by atoms with E-state index in [2.05, 4.69) is 15.6 Å². The molecule has 2 amide bonds. The van der Waals surface area contributed by atoms with Gasteiger partial charge in [-0.25, -0.2) is 9.37 Å². The van der Waals surface area contributed by atoms with Gasteiger partial charge in [0, 0.05) is 30.0 Å². The summed E-state index contributed by atoms with van der Waals surface area (Å²) < 4.78 is 25.8. The van der Waals surface area contributed by atoms with Gasteiger partial charge in [-0.1, -0.05) is 12.1 Å². The fourth-order valence-corrected chi connectivity index (χ4v) is 4.62. The minimum Gasteiger partial charge on any atom is -0.448 e. The van der Waals surface area contributed by atoms with Crippen molar-refractivity contribution < 1.29 is 23.5 Å². The highest BCUT2D eigenvalue weighted by Crippen LogP contribution is 2.47. The third-order valence-electron chi connectivity index (χ3n) is 5.42. The number of carbonyl (C=O) groups is 2. The van der Waals surface area contributed by atoms with Gasteiger partial charge in [0.15, 0.2) is 16.6 Å². The molecule has 7 nitrogen and oxygen atoms in total. The first kappa shape index (κ1) is 20.4. The summed E-state index contributed by atoms with van der Waals surface area (Å²) in [7, 11) is 0. The normalized spacial score (nSPS) is 15.7. The van der Waals surface area contributed by atoms with Crippen LogP contribution in [-0.2, 0) is 11.2 Å². The summed E-state index contributed by atoms with van der Waals surface area (Å²) in [6, 6.07) is 11.1. The Morgan fingerprint density at radius 1 is 1.06 bits per heavy atom. The molecule has 1 fully saturated rings. The first-order chi connectivity index (χ1) is 15.5. The average molecular weight is 453 g/mol. The van der Waals surface area contributed by atoms with E-state index in [0.717, 1.165) is 25.7 Å². The quantitative estimate of drug-likeness (QED) is 0.582. The van der Waals surface area contributed by atoms with Gasteiger partial charge in [-0.15, -0.1) is 11.3 Å². The first-order valence-electron chi connectivity index (χ1n) is 10.3. The zero-order valence-electron chi connectivity index (χ0n) is 17.0. The molecule has 1 saturated carbocycles. The van der Waals surface area contributed by atoms with E-state index < -0.39 is 17.5 Å². The van der Waals surface area contributed by atoms with Gasteiger partial charge in [-0.3, -0.25) is 14.9 Å². The summed E-state index contributed by atoms with van der Waals surface area (Å²) in [4.78, 5) is 28.9. The van der Waals surface area contributed by atoms with Crippen molar-refractivity contribution in [2.75, 3.05) is 10.6 Å². The van der Waals surface area contributed by atoms with Crippen molar-refractivity contribution in [1.82, 2.24) is 4.98 Å². The molecule has 2 heterocycles. The van der Waals surface area contributed by atoms with Gasteiger partial charge < -0.3 is 14.8 Å². The molecule has 1 aliphatic carbocycles. The van der Waals surface area contributed by atoms with Crippen molar-refractivity contribution in [2.45, 2.75) is 37.9 Å². The number of halogens is 1. The predicted molar refractivity (Wildman–Crippen MR) is 118 cm³/mol. The first-order valence-corrected chi connectivity index (χ1v) is 11.2. The van der Waals surface area contributed by atoms with Crippen LogP contribution >= 0.6 is 11.3 Å². The SMILES string of the molecule is O=C(Cc1csc(NC(=O)c2ccccc2F)n1)Nc1ccc2c(c1)OC1(CCCC1)O2. The van der Waals surface area contributed by atoms with Gasteiger partial charge in [0.2, 0.25) is 5.91 Å². The minimum absolute atomic E-state index is 0.0322. The number of aromatic nitrogens is 1. The molecule has 2 aromatic carbocycles. The Labute approximate surface area is 187 Å². The smallest absolute Gasteiger partial charge is 0.260 e. The number of amides is 2. The highest BCUT2D eigenvalue weighted by atomic mass is 32.1. The van der Waals surface area contributed by atoms with Crippen molar-refractivity contribution in [3.63, 3.8) is 0 Å². The second-order valence-corrected chi connectivity index (χ2v) is 8.64. The van der Waals surface area contributed by atoms with E-state index in [0.29, 0.717) is 28.0 Å². The number of benzene rings is 2. The molecule has 164 valence electrons. The lowest BCUT2D eigenvalue weighted by atomic mass is 10.2. The highest BCUT2D eigenvalue weighted by molar-refractivity contribution is 7.14. The van der Waals surface area contributed by atoms with Crippen molar-refractivity contribution in [1.29, 1.82) is 0 Å². The van der Waals surface area contributed by atoms with Crippen molar-refractivity contribution in [2.24, 2.45) is 0 Å². The van der Waals surface area contributed by atoms with Crippen LogP contribution in [0.4, 0.5) is 15.2 Å². The third-order valence-corrected chi connectivity index (χ3v) is 6.22. The monoisotopic (exact) mass is 453 g/mol. The minimum atomic E-state index is -0.608. The van der Waals surface area contributed by atoms with Gasteiger partial charge in [-0.05, 0) is 37.1 Å². The number of nitrogens with zero attached hydrogens (tertiary/aromatic N) is 1. The molecule has 1 aromatic heterocycles. The van der Waals surface area contributed by atoms with Crippen LogP contribution in [-0.4, -0.2) is 22.6 Å². The van der Waals surface area contributed by atoms with Gasteiger partial charge in [0.05, 0.1) is 17.7 Å². The summed E-state index contributed by atoms with van der Waals surface area (Å²) in [6.45, 7) is 0. The molecule has 3 aromatic rings. The van der Waals surface area contributed by atoms with Gasteiger partial charge in [0.1, 0.15) is 5.82 Å². The predicted octanol–water partition coefficient (Wildman–Crippen LogP) is 4.76. The number of carbonyl (C=O) groups excluding carboxylic acids is 2. The molecule has 9 heteroatoms. The van der Waals surface area contributed by atoms with Crippen LogP contribution in [0.25, 0.3) is 0 Å². The highest BCUT2D eigenvalue weighted by Gasteiger charge is 2.44. The van der Waals surface area contributed by atoms with E-state index in [-0.39, 0.29) is 17.9 Å². The van der Waals surface area contributed by atoms with Crippen molar-refractivity contribution in [3.05, 3.63) is 64.9 Å². The number of nitrogens with one attached hydrogen (secondary N) is 2. The van der Waals surface area contributed by atoms with E-state index in [4.69, 9.17) is 9.47 Å². The summed E-state index contributed by atoms with van der Waals surface area (Å²) >= 11 is 1.17. The van der Waals surface area contributed by atoms with Gasteiger partial charge in [-0.2, -0.15) is 0 Å². The maximum atomic E-state index is 13.7. The summed E-state index contributed by atoms with van der Waals surface area (Å²) in [6.07, 6.45) is 3.92. The lowest BCUT2D eigenvalue weighted by Gasteiger charge is -2.21. The lowest BCUT2D eigenvalue weighted by molar-refractivity contribution is -0.115. The maximum absolute atomic E-state index is 13.7. The van der Waals surface area contributed by atoms with Crippen LogP contribution in [0.1, 0.15) is 41.7 Å². The molecule has 5 rings (SSSR count). The van der Waals surface area contributed by atoms with E-state index in [1.165, 1.54) is 29.5 Å². The van der Waals surface area contributed by atoms with Crippen molar-refractivity contribution in [3.8, 4) is 11.5 Å². The van der Waals surface area contributed by atoms with Crippen LogP contribution in [0.2, 0.25) is 0 Å². The van der Waals surface area contributed by atoms with Crippen LogP contribution in [0.15, 0.2) is 47.8 Å². The molecule has 1 spiro atoms. The largest absolute Gasteiger partial charge is 0.448 e. The Balaban J connectivity index is 1.18. The molecule has 2 aliphatic rings. The van der Waals surface area contributed by atoms with E-state index >= 15 is 0 Å².